The highest BCUT2D eigenvalue weighted by Crippen LogP contribution is 2.15. The van der Waals surface area contributed by atoms with Crippen molar-refractivity contribution < 1.29 is 14.3 Å². The molecule has 0 saturated carbocycles. The highest BCUT2D eigenvalue weighted by atomic mass is 16.6. The van der Waals surface area contributed by atoms with Crippen molar-refractivity contribution in [1.29, 1.82) is 0 Å². The molecule has 0 aromatic rings. The highest BCUT2D eigenvalue weighted by Gasteiger charge is 2.24. The summed E-state index contributed by atoms with van der Waals surface area (Å²) in [6.07, 6.45) is 2.91. The van der Waals surface area contributed by atoms with E-state index in [-0.39, 0.29) is 6.09 Å². The number of hydrogen-bond donors (Lipinski definition) is 1. The number of rotatable bonds is 6. The van der Waals surface area contributed by atoms with Crippen LogP contribution in [0.25, 0.3) is 0 Å². The van der Waals surface area contributed by atoms with E-state index in [0.717, 1.165) is 52.1 Å². The number of carbonyl (C=O) groups is 1. The third-order valence-corrected chi connectivity index (χ3v) is 3.51. The average molecular weight is 314 g/mol. The van der Waals surface area contributed by atoms with Gasteiger partial charge in [-0.25, -0.2) is 4.79 Å². The van der Waals surface area contributed by atoms with Crippen LogP contribution >= 0.6 is 0 Å². The number of amides is 1. The zero-order valence-corrected chi connectivity index (χ0v) is 15.0. The summed E-state index contributed by atoms with van der Waals surface area (Å²) >= 11 is 0. The minimum atomic E-state index is -0.422. The van der Waals surface area contributed by atoms with Gasteiger partial charge in [-0.1, -0.05) is 13.8 Å². The molecule has 1 unspecified atom stereocenters. The van der Waals surface area contributed by atoms with Gasteiger partial charge in [-0.05, 0) is 46.0 Å². The van der Waals surface area contributed by atoms with Crippen molar-refractivity contribution in [2.75, 3.05) is 32.8 Å². The van der Waals surface area contributed by atoms with E-state index in [1.165, 1.54) is 0 Å². The number of likely N-dealkylation sites (tertiary alicyclic amines) is 1. The van der Waals surface area contributed by atoms with Crippen LogP contribution in [0.4, 0.5) is 4.79 Å². The SMILES string of the molecule is CC(C)COCCNC1CCCN(C(=O)OC(C)(C)C)CC1. The molecule has 22 heavy (non-hydrogen) atoms. The minimum Gasteiger partial charge on any atom is -0.444 e. The van der Waals surface area contributed by atoms with Gasteiger partial charge in [0.05, 0.1) is 6.61 Å². The lowest BCUT2D eigenvalue weighted by Crippen LogP contribution is -2.38. The van der Waals surface area contributed by atoms with Gasteiger partial charge in [0.2, 0.25) is 0 Å². The molecule has 0 aromatic carbocycles. The number of nitrogens with one attached hydrogen (secondary N) is 1. The molecule has 1 N–H and O–H groups in total. The van der Waals surface area contributed by atoms with Gasteiger partial charge >= 0.3 is 6.09 Å². The molecule has 0 radical (unpaired) electrons. The Morgan fingerprint density at radius 1 is 1.27 bits per heavy atom. The third kappa shape index (κ3) is 8.59. The maximum atomic E-state index is 12.1. The number of ether oxygens (including phenoxy) is 2. The smallest absolute Gasteiger partial charge is 0.410 e. The van der Waals surface area contributed by atoms with E-state index in [1.807, 2.05) is 25.7 Å². The molecule has 5 nitrogen and oxygen atoms in total. The zero-order valence-electron chi connectivity index (χ0n) is 15.0. The summed E-state index contributed by atoms with van der Waals surface area (Å²) < 4.78 is 11.0. The molecule has 130 valence electrons. The first-order valence-electron chi connectivity index (χ1n) is 8.57. The maximum absolute atomic E-state index is 12.1. The Kier molecular flexibility index (Phi) is 8.18. The summed E-state index contributed by atoms with van der Waals surface area (Å²) in [4.78, 5) is 13.9. The lowest BCUT2D eigenvalue weighted by atomic mass is 10.1. The molecule has 1 atom stereocenters. The van der Waals surface area contributed by atoms with Gasteiger partial charge in [0, 0.05) is 32.3 Å². The van der Waals surface area contributed by atoms with Gasteiger partial charge in [-0.3, -0.25) is 0 Å². The van der Waals surface area contributed by atoms with Crippen LogP contribution in [-0.4, -0.2) is 55.5 Å². The molecule has 0 aromatic heterocycles. The summed E-state index contributed by atoms with van der Waals surface area (Å²) in [6.45, 7) is 14.0. The Bertz CT molecular complexity index is 326. The summed E-state index contributed by atoms with van der Waals surface area (Å²) in [5.41, 5.74) is -0.422. The van der Waals surface area contributed by atoms with Crippen LogP contribution in [0.1, 0.15) is 53.9 Å². The van der Waals surface area contributed by atoms with Gasteiger partial charge < -0.3 is 19.7 Å². The summed E-state index contributed by atoms with van der Waals surface area (Å²) in [5.74, 6) is 0.584. The van der Waals surface area contributed by atoms with E-state index in [4.69, 9.17) is 9.47 Å². The Hall–Kier alpha value is -0.810. The molecule has 1 saturated heterocycles. The standard InChI is InChI=1S/C17H34N2O3/c1-14(2)13-21-12-9-18-15-7-6-10-19(11-8-15)16(20)22-17(3,4)5/h14-15,18H,6-13H2,1-5H3. The largest absolute Gasteiger partial charge is 0.444 e. The molecule has 0 aliphatic carbocycles. The topological polar surface area (TPSA) is 50.8 Å². The Balaban J connectivity index is 2.23. The second-order valence-electron chi connectivity index (χ2n) is 7.52. The third-order valence-electron chi connectivity index (χ3n) is 3.51. The van der Waals surface area contributed by atoms with E-state index >= 15 is 0 Å². The highest BCUT2D eigenvalue weighted by molar-refractivity contribution is 5.68. The predicted octanol–water partition coefficient (Wildman–Crippen LogP) is 3.04. The maximum Gasteiger partial charge on any atom is 0.410 e. The molecule has 1 fully saturated rings. The quantitative estimate of drug-likeness (QED) is 0.766. The minimum absolute atomic E-state index is 0.187. The van der Waals surface area contributed by atoms with Crippen molar-refractivity contribution in [2.24, 2.45) is 5.92 Å². The van der Waals surface area contributed by atoms with Crippen molar-refractivity contribution in [3.8, 4) is 0 Å². The average Bonchev–Trinajstić information content (AvgIpc) is 2.61. The van der Waals surface area contributed by atoms with E-state index in [1.54, 1.807) is 0 Å². The Morgan fingerprint density at radius 2 is 2.00 bits per heavy atom. The second-order valence-corrected chi connectivity index (χ2v) is 7.52. The van der Waals surface area contributed by atoms with E-state index in [9.17, 15) is 4.79 Å². The first kappa shape index (κ1) is 19.2. The van der Waals surface area contributed by atoms with Crippen molar-refractivity contribution in [3.05, 3.63) is 0 Å². The summed E-state index contributed by atoms with van der Waals surface area (Å²) in [6, 6.07) is 0.468. The van der Waals surface area contributed by atoms with Crippen LogP contribution in [0.15, 0.2) is 0 Å². The fraction of sp³-hybridized carbons (Fsp3) is 0.941. The van der Waals surface area contributed by atoms with E-state index in [0.29, 0.717) is 12.0 Å². The Labute approximate surface area is 135 Å². The lowest BCUT2D eigenvalue weighted by Gasteiger charge is -2.26. The summed E-state index contributed by atoms with van der Waals surface area (Å²) in [5, 5.41) is 3.54. The van der Waals surface area contributed by atoms with Crippen LogP contribution in [0.2, 0.25) is 0 Å². The van der Waals surface area contributed by atoms with Gasteiger partial charge in [0.15, 0.2) is 0 Å². The molecular weight excluding hydrogens is 280 g/mol. The fourth-order valence-corrected chi connectivity index (χ4v) is 2.46. The zero-order chi connectivity index (χ0) is 16.6. The fourth-order valence-electron chi connectivity index (χ4n) is 2.46. The molecule has 0 bridgehead atoms. The van der Waals surface area contributed by atoms with Crippen molar-refractivity contribution in [1.82, 2.24) is 10.2 Å². The van der Waals surface area contributed by atoms with Crippen LogP contribution in [-0.2, 0) is 9.47 Å². The van der Waals surface area contributed by atoms with Crippen molar-refractivity contribution >= 4 is 6.09 Å². The molecule has 1 heterocycles. The first-order chi connectivity index (χ1) is 10.3. The van der Waals surface area contributed by atoms with Crippen LogP contribution in [0.3, 0.4) is 0 Å². The molecule has 1 aliphatic rings. The molecule has 1 rings (SSSR count). The molecule has 1 aliphatic heterocycles. The van der Waals surface area contributed by atoms with Gasteiger partial charge in [0.1, 0.15) is 5.60 Å². The number of hydrogen-bond acceptors (Lipinski definition) is 4. The monoisotopic (exact) mass is 314 g/mol. The Morgan fingerprint density at radius 3 is 2.64 bits per heavy atom. The van der Waals surface area contributed by atoms with E-state index < -0.39 is 5.60 Å². The van der Waals surface area contributed by atoms with E-state index in [2.05, 4.69) is 19.2 Å². The molecule has 1 amide bonds. The van der Waals surface area contributed by atoms with Crippen molar-refractivity contribution in [2.45, 2.75) is 65.5 Å². The predicted molar refractivity (Wildman–Crippen MR) is 89.1 cm³/mol. The molecule has 0 spiro atoms. The van der Waals surface area contributed by atoms with Crippen molar-refractivity contribution in [3.63, 3.8) is 0 Å². The number of nitrogens with zero attached hydrogens (tertiary/aromatic N) is 1. The second kappa shape index (κ2) is 9.36. The van der Waals surface area contributed by atoms with Crippen LogP contribution in [0.5, 0.6) is 0 Å². The number of carbonyl (C=O) groups excluding carboxylic acids is 1. The lowest BCUT2D eigenvalue weighted by molar-refractivity contribution is 0.0256. The van der Waals surface area contributed by atoms with Crippen LogP contribution < -0.4 is 5.32 Å². The molecular formula is C17H34N2O3. The summed E-state index contributed by atoms with van der Waals surface area (Å²) in [7, 11) is 0. The normalized spacial score (nSPS) is 20.1. The van der Waals surface area contributed by atoms with Gasteiger partial charge in [-0.15, -0.1) is 0 Å². The van der Waals surface area contributed by atoms with Gasteiger partial charge in [0.25, 0.3) is 0 Å². The van der Waals surface area contributed by atoms with Crippen LogP contribution in [0, 0.1) is 5.92 Å². The first-order valence-corrected chi connectivity index (χ1v) is 8.57. The molecule has 5 heteroatoms. The van der Waals surface area contributed by atoms with Gasteiger partial charge in [-0.2, -0.15) is 0 Å².